The van der Waals surface area contributed by atoms with Gasteiger partial charge in [0.1, 0.15) is 11.6 Å². The molecule has 1 N–H and O–H groups in total. The Morgan fingerprint density at radius 2 is 1.78 bits per heavy atom. The van der Waals surface area contributed by atoms with Gasteiger partial charge in [-0.15, -0.1) is 0 Å². The summed E-state index contributed by atoms with van der Waals surface area (Å²) in [5, 5.41) is 8.27. The Bertz CT molecular complexity index is 1350. The molecule has 2 heterocycles. The Morgan fingerprint density at radius 1 is 1.09 bits per heavy atom. The summed E-state index contributed by atoms with van der Waals surface area (Å²) in [5.41, 5.74) is 1.32. The minimum absolute atomic E-state index is 0.140. The van der Waals surface area contributed by atoms with Crippen molar-refractivity contribution in [2.24, 2.45) is 0 Å². The summed E-state index contributed by atoms with van der Waals surface area (Å²) in [7, 11) is 0. The second kappa shape index (κ2) is 9.29. The third-order valence-corrected chi connectivity index (χ3v) is 5.78. The van der Waals surface area contributed by atoms with Crippen molar-refractivity contribution in [3.8, 4) is 0 Å². The van der Waals surface area contributed by atoms with Gasteiger partial charge in [-0.25, -0.2) is 9.78 Å². The Morgan fingerprint density at radius 3 is 2.47 bits per heavy atom. The average molecular weight is 469 g/mol. The van der Waals surface area contributed by atoms with E-state index < -0.39 is 5.97 Å². The number of halogens is 1. The van der Waals surface area contributed by atoms with E-state index in [9.17, 15) is 14.4 Å². The molecule has 8 nitrogen and oxygen atoms in total. The van der Waals surface area contributed by atoms with Crippen LogP contribution in [0.15, 0.2) is 59.4 Å². The lowest BCUT2D eigenvalue weighted by molar-refractivity contribution is 0.0467. The van der Waals surface area contributed by atoms with E-state index in [1.807, 2.05) is 6.92 Å². The third-order valence-electron chi connectivity index (χ3n) is 4.48. The highest BCUT2D eigenvalue weighted by atomic mass is 35.5. The van der Waals surface area contributed by atoms with Gasteiger partial charge in [-0.05, 0) is 55.0 Å². The van der Waals surface area contributed by atoms with Crippen LogP contribution in [0.4, 0.5) is 5.69 Å². The van der Waals surface area contributed by atoms with Gasteiger partial charge in [-0.3, -0.25) is 9.59 Å². The Labute approximate surface area is 191 Å². The monoisotopic (exact) mass is 468 g/mol. The fraction of sp³-hybridized carbons (Fsp3) is 0.136. The number of amides is 1. The molecule has 0 aliphatic carbocycles. The van der Waals surface area contributed by atoms with Crippen LogP contribution in [-0.4, -0.2) is 26.5 Å². The summed E-state index contributed by atoms with van der Waals surface area (Å²) in [6, 6.07) is 14.1. The lowest BCUT2D eigenvalue weighted by atomic mass is 10.2. The first-order valence-corrected chi connectivity index (χ1v) is 10.8. The van der Waals surface area contributed by atoms with E-state index in [0.29, 0.717) is 38.9 Å². The third kappa shape index (κ3) is 4.84. The van der Waals surface area contributed by atoms with E-state index in [0.717, 1.165) is 5.01 Å². The lowest BCUT2D eigenvalue weighted by Crippen LogP contribution is -2.16. The molecule has 10 heteroatoms. The number of aromatic nitrogens is 3. The molecule has 0 saturated heterocycles. The number of nitrogens with one attached hydrogen (secondary N) is 1. The number of rotatable bonds is 6. The fourth-order valence-corrected chi connectivity index (χ4v) is 3.81. The van der Waals surface area contributed by atoms with Gasteiger partial charge in [0.2, 0.25) is 4.96 Å². The quantitative estimate of drug-likeness (QED) is 0.429. The number of aryl methyl sites for hydroxylation is 1. The molecule has 0 fully saturated rings. The highest BCUT2D eigenvalue weighted by Crippen LogP contribution is 2.15. The molecule has 0 unspecified atom stereocenters. The average Bonchev–Trinajstić information content (AvgIpc) is 3.22. The van der Waals surface area contributed by atoms with Crippen molar-refractivity contribution >= 4 is 45.5 Å². The molecule has 0 spiro atoms. The summed E-state index contributed by atoms with van der Waals surface area (Å²) >= 11 is 7.15. The Balaban J connectivity index is 1.38. The molecular weight excluding hydrogens is 452 g/mol. The number of benzene rings is 2. The smallest absolute Gasteiger partial charge is 0.338 e. The molecule has 1 amide bonds. The van der Waals surface area contributed by atoms with Crippen molar-refractivity contribution in [1.82, 2.24) is 14.6 Å². The van der Waals surface area contributed by atoms with Crippen LogP contribution in [0.5, 0.6) is 0 Å². The molecule has 2 aromatic carbocycles. The molecule has 2 aromatic heterocycles. The van der Waals surface area contributed by atoms with Crippen LogP contribution in [0.2, 0.25) is 5.02 Å². The highest BCUT2D eigenvalue weighted by molar-refractivity contribution is 7.16. The molecule has 0 radical (unpaired) electrons. The maximum atomic E-state index is 12.4. The summed E-state index contributed by atoms with van der Waals surface area (Å²) in [6.07, 6.45) is 0.702. The van der Waals surface area contributed by atoms with Gasteiger partial charge in [-0.1, -0.05) is 29.9 Å². The maximum Gasteiger partial charge on any atom is 0.338 e. The summed E-state index contributed by atoms with van der Waals surface area (Å²) in [6.45, 7) is 1.80. The first-order valence-electron chi connectivity index (χ1n) is 9.65. The van der Waals surface area contributed by atoms with Gasteiger partial charge in [0.15, 0.2) is 0 Å². The van der Waals surface area contributed by atoms with Crippen molar-refractivity contribution in [1.29, 1.82) is 0 Å². The lowest BCUT2D eigenvalue weighted by Gasteiger charge is -2.07. The molecule has 32 heavy (non-hydrogen) atoms. The van der Waals surface area contributed by atoms with Crippen molar-refractivity contribution in [2.75, 3.05) is 5.32 Å². The van der Waals surface area contributed by atoms with Gasteiger partial charge in [0, 0.05) is 22.3 Å². The molecule has 0 bridgehead atoms. The maximum absolute atomic E-state index is 12.4. The molecule has 0 atom stereocenters. The van der Waals surface area contributed by atoms with Crippen LogP contribution < -0.4 is 10.9 Å². The standard InChI is InChI=1S/C22H17ClN4O4S/c1-2-18-26-27-19(28)11-17(25-22(27)32-18)12-31-21(30)14-5-9-16(10-6-14)24-20(29)13-3-7-15(23)8-4-13/h3-11H,2,12H2,1H3,(H,24,29). The van der Waals surface area contributed by atoms with Gasteiger partial charge >= 0.3 is 5.97 Å². The predicted octanol–water partition coefficient (Wildman–Crippen LogP) is 3.98. The number of hydrogen-bond donors (Lipinski definition) is 1. The van der Waals surface area contributed by atoms with E-state index in [-0.39, 0.29) is 18.1 Å². The zero-order valence-corrected chi connectivity index (χ0v) is 18.4. The molecule has 4 rings (SSSR count). The van der Waals surface area contributed by atoms with Crippen LogP contribution in [0, 0.1) is 0 Å². The van der Waals surface area contributed by atoms with Gasteiger partial charge in [0.25, 0.3) is 11.5 Å². The number of nitrogens with zero attached hydrogens (tertiary/aromatic N) is 3. The fourth-order valence-electron chi connectivity index (χ4n) is 2.83. The van der Waals surface area contributed by atoms with Crippen LogP contribution in [0.1, 0.15) is 38.3 Å². The predicted molar refractivity (Wildman–Crippen MR) is 121 cm³/mol. The Hall–Kier alpha value is -3.56. The van der Waals surface area contributed by atoms with E-state index in [2.05, 4.69) is 15.4 Å². The van der Waals surface area contributed by atoms with E-state index in [4.69, 9.17) is 16.3 Å². The zero-order chi connectivity index (χ0) is 22.7. The van der Waals surface area contributed by atoms with Crippen molar-refractivity contribution in [3.05, 3.63) is 91.8 Å². The van der Waals surface area contributed by atoms with Crippen LogP contribution in [0.25, 0.3) is 4.96 Å². The van der Waals surface area contributed by atoms with Gasteiger partial charge < -0.3 is 10.1 Å². The summed E-state index contributed by atoms with van der Waals surface area (Å²) in [5.74, 6) is -0.861. The molecular formula is C22H17ClN4O4S. The van der Waals surface area contributed by atoms with E-state index in [1.165, 1.54) is 21.9 Å². The minimum Gasteiger partial charge on any atom is -0.456 e. The van der Waals surface area contributed by atoms with Crippen molar-refractivity contribution in [3.63, 3.8) is 0 Å². The van der Waals surface area contributed by atoms with E-state index in [1.54, 1.807) is 48.5 Å². The van der Waals surface area contributed by atoms with Crippen LogP contribution in [0.3, 0.4) is 0 Å². The second-order valence-electron chi connectivity index (χ2n) is 6.74. The number of carbonyl (C=O) groups is 2. The summed E-state index contributed by atoms with van der Waals surface area (Å²) < 4.78 is 6.53. The van der Waals surface area contributed by atoms with Gasteiger partial charge in [-0.2, -0.15) is 9.61 Å². The first-order chi connectivity index (χ1) is 15.4. The topological polar surface area (TPSA) is 103 Å². The van der Waals surface area contributed by atoms with Gasteiger partial charge in [0.05, 0.1) is 11.3 Å². The van der Waals surface area contributed by atoms with Crippen molar-refractivity contribution < 1.29 is 14.3 Å². The molecule has 0 aliphatic heterocycles. The zero-order valence-electron chi connectivity index (χ0n) is 16.9. The number of ether oxygens (including phenoxy) is 1. The SMILES string of the molecule is CCc1nn2c(=O)cc(COC(=O)c3ccc(NC(=O)c4ccc(Cl)cc4)cc3)nc2s1. The number of fused-ring (bicyclic) bond motifs is 1. The normalized spacial score (nSPS) is 10.8. The Kier molecular flexibility index (Phi) is 6.29. The molecule has 0 saturated carbocycles. The van der Waals surface area contributed by atoms with Crippen molar-refractivity contribution in [2.45, 2.75) is 20.0 Å². The highest BCUT2D eigenvalue weighted by Gasteiger charge is 2.12. The number of anilines is 1. The number of esters is 1. The largest absolute Gasteiger partial charge is 0.456 e. The minimum atomic E-state index is -0.568. The molecule has 0 aliphatic rings. The molecule has 162 valence electrons. The first kappa shape index (κ1) is 21.7. The van der Waals surface area contributed by atoms with Crippen LogP contribution in [-0.2, 0) is 17.8 Å². The van der Waals surface area contributed by atoms with Crippen LogP contribution >= 0.6 is 22.9 Å². The number of hydrogen-bond acceptors (Lipinski definition) is 7. The van der Waals surface area contributed by atoms with E-state index >= 15 is 0 Å². The number of carbonyl (C=O) groups excluding carboxylic acids is 2. The summed E-state index contributed by atoms with van der Waals surface area (Å²) in [4.78, 5) is 41.6. The molecule has 4 aromatic rings. The second-order valence-corrected chi connectivity index (χ2v) is 8.22.